The zero-order valence-electron chi connectivity index (χ0n) is 13.8. The first kappa shape index (κ1) is 17.9. The first-order valence-corrected chi connectivity index (χ1v) is 7.98. The second kappa shape index (κ2) is 9.67. The maximum Gasteiger partial charge on any atom is 0.223 e. The standard InChI is InChI=1S/C19H22FNO3/c1-2-23-14-16-9-7-15(8-10-16)13-21-19(22)11-12-24-18-6-4-3-5-17(18)20/h3-10H,2,11-14H2,1H3,(H,21,22). The van der Waals surface area contributed by atoms with Crippen molar-refractivity contribution in [2.45, 2.75) is 26.5 Å². The number of ether oxygens (including phenoxy) is 2. The molecule has 0 unspecified atom stereocenters. The van der Waals surface area contributed by atoms with Gasteiger partial charge in [-0.1, -0.05) is 36.4 Å². The van der Waals surface area contributed by atoms with Gasteiger partial charge >= 0.3 is 0 Å². The summed E-state index contributed by atoms with van der Waals surface area (Å²) in [5.74, 6) is -0.398. The van der Waals surface area contributed by atoms with Crippen molar-refractivity contribution in [2.24, 2.45) is 0 Å². The second-order valence-electron chi connectivity index (χ2n) is 5.26. The highest BCUT2D eigenvalue weighted by Gasteiger charge is 2.05. The largest absolute Gasteiger partial charge is 0.490 e. The van der Waals surface area contributed by atoms with E-state index in [0.29, 0.717) is 19.8 Å². The van der Waals surface area contributed by atoms with Gasteiger partial charge in [0.15, 0.2) is 11.6 Å². The summed E-state index contributed by atoms with van der Waals surface area (Å²) < 4.78 is 24.0. The Bertz CT molecular complexity index is 643. The molecule has 5 heteroatoms. The smallest absolute Gasteiger partial charge is 0.223 e. The molecule has 0 aromatic heterocycles. The lowest BCUT2D eigenvalue weighted by Gasteiger charge is -2.08. The number of amides is 1. The number of rotatable bonds is 9. The van der Waals surface area contributed by atoms with Gasteiger partial charge in [0.25, 0.3) is 0 Å². The molecule has 0 radical (unpaired) electrons. The molecule has 2 aromatic rings. The molecule has 0 fully saturated rings. The van der Waals surface area contributed by atoms with Gasteiger partial charge in [0, 0.05) is 13.2 Å². The fourth-order valence-corrected chi connectivity index (χ4v) is 2.08. The van der Waals surface area contributed by atoms with Gasteiger partial charge in [0.2, 0.25) is 5.91 Å². The van der Waals surface area contributed by atoms with Gasteiger partial charge in [-0.2, -0.15) is 0 Å². The van der Waals surface area contributed by atoms with Crippen LogP contribution < -0.4 is 10.1 Å². The van der Waals surface area contributed by atoms with Crippen molar-refractivity contribution in [3.63, 3.8) is 0 Å². The van der Waals surface area contributed by atoms with E-state index < -0.39 is 5.82 Å². The predicted octanol–water partition coefficient (Wildman–Crippen LogP) is 3.45. The number of carbonyl (C=O) groups is 1. The zero-order chi connectivity index (χ0) is 17.2. The van der Waals surface area contributed by atoms with E-state index in [1.54, 1.807) is 12.1 Å². The highest BCUT2D eigenvalue weighted by molar-refractivity contribution is 5.76. The molecule has 0 saturated carbocycles. The van der Waals surface area contributed by atoms with E-state index >= 15 is 0 Å². The quantitative estimate of drug-likeness (QED) is 0.765. The maximum absolute atomic E-state index is 13.4. The summed E-state index contributed by atoms with van der Waals surface area (Å²) >= 11 is 0. The van der Waals surface area contributed by atoms with Crippen LogP contribution in [0.4, 0.5) is 4.39 Å². The summed E-state index contributed by atoms with van der Waals surface area (Å²) in [6.45, 7) is 3.83. The van der Waals surface area contributed by atoms with Gasteiger partial charge in [-0.15, -0.1) is 0 Å². The van der Waals surface area contributed by atoms with Crippen molar-refractivity contribution in [3.8, 4) is 5.75 Å². The van der Waals surface area contributed by atoms with Crippen LogP contribution in [0, 0.1) is 5.82 Å². The van der Waals surface area contributed by atoms with E-state index in [1.807, 2.05) is 31.2 Å². The Hall–Kier alpha value is -2.40. The van der Waals surface area contributed by atoms with Gasteiger partial charge in [-0.3, -0.25) is 4.79 Å². The molecule has 128 valence electrons. The second-order valence-corrected chi connectivity index (χ2v) is 5.26. The molecular formula is C19H22FNO3. The van der Waals surface area contributed by atoms with E-state index in [1.165, 1.54) is 12.1 Å². The first-order valence-electron chi connectivity index (χ1n) is 7.98. The van der Waals surface area contributed by atoms with Crippen LogP contribution >= 0.6 is 0 Å². The zero-order valence-corrected chi connectivity index (χ0v) is 13.8. The summed E-state index contributed by atoms with van der Waals surface area (Å²) in [6.07, 6.45) is 0.177. The molecule has 1 amide bonds. The number of hydrogen-bond acceptors (Lipinski definition) is 3. The molecule has 0 saturated heterocycles. The molecule has 0 spiro atoms. The lowest BCUT2D eigenvalue weighted by atomic mass is 10.1. The highest BCUT2D eigenvalue weighted by Crippen LogP contribution is 2.15. The molecule has 24 heavy (non-hydrogen) atoms. The third-order valence-corrected chi connectivity index (χ3v) is 3.41. The summed E-state index contributed by atoms with van der Waals surface area (Å²) in [6, 6.07) is 14.0. The SMILES string of the molecule is CCOCc1ccc(CNC(=O)CCOc2ccccc2F)cc1. The van der Waals surface area contributed by atoms with E-state index in [4.69, 9.17) is 9.47 Å². The van der Waals surface area contributed by atoms with Gasteiger partial charge < -0.3 is 14.8 Å². The molecular weight excluding hydrogens is 309 g/mol. The van der Waals surface area contributed by atoms with E-state index in [0.717, 1.165) is 11.1 Å². The van der Waals surface area contributed by atoms with Gasteiger partial charge in [0.1, 0.15) is 0 Å². The van der Waals surface area contributed by atoms with Crippen LogP contribution in [0.3, 0.4) is 0 Å². The third-order valence-electron chi connectivity index (χ3n) is 3.41. The third kappa shape index (κ3) is 6.01. The van der Waals surface area contributed by atoms with Crippen LogP contribution in [0.2, 0.25) is 0 Å². The Morgan fingerprint density at radius 1 is 1.08 bits per heavy atom. The fourth-order valence-electron chi connectivity index (χ4n) is 2.08. The number of halogens is 1. The summed E-state index contributed by atoms with van der Waals surface area (Å²) in [7, 11) is 0. The normalized spacial score (nSPS) is 10.4. The maximum atomic E-state index is 13.4. The van der Waals surface area contributed by atoms with Crippen molar-refractivity contribution < 1.29 is 18.7 Å². The summed E-state index contributed by atoms with van der Waals surface area (Å²) in [4.78, 5) is 11.8. The molecule has 2 rings (SSSR count). The van der Waals surface area contributed by atoms with Crippen molar-refractivity contribution in [2.75, 3.05) is 13.2 Å². The summed E-state index contributed by atoms with van der Waals surface area (Å²) in [5.41, 5.74) is 2.11. The van der Waals surface area contributed by atoms with Crippen molar-refractivity contribution in [1.29, 1.82) is 0 Å². The van der Waals surface area contributed by atoms with Gasteiger partial charge in [-0.05, 0) is 30.2 Å². The molecule has 4 nitrogen and oxygen atoms in total. The number of para-hydroxylation sites is 1. The van der Waals surface area contributed by atoms with Crippen molar-refractivity contribution in [1.82, 2.24) is 5.32 Å². The van der Waals surface area contributed by atoms with Crippen LogP contribution in [0.15, 0.2) is 48.5 Å². The highest BCUT2D eigenvalue weighted by atomic mass is 19.1. The number of nitrogens with one attached hydrogen (secondary N) is 1. The van der Waals surface area contributed by atoms with Crippen molar-refractivity contribution in [3.05, 3.63) is 65.5 Å². The minimum atomic E-state index is -0.426. The Morgan fingerprint density at radius 2 is 1.79 bits per heavy atom. The predicted molar refractivity (Wildman–Crippen MR) is 90.1 cm³/mol. The number of hydrogen-bond donors (Lipinski definition) is 1. The lowest BCUT2D eigenvalue weighted by Crippen LogP contribution is -2.24. The Balaban J connectivity index is 1.68. The summed E-state index contributed by atoms with van der Waals surface area (Å²) in [5, 5.41) is 2.82. The van der Waals surface area contributed by atoms with E-state index in [2.05, 4.69) is 5.32 Å². The van der Waals surface area contributed by atoms with E-state index in [-0.39, 0.29) is 24.7 Å². The molecule has 1 N–H and O–H groups in total. The first-order chi connectivity index (χ1) is 11.7. The average Bonchev–Trinajstić information content (AvgIpc) is 2.61. The average molecular weight is 331 g/mol. The van der Waals surface area contributed by atoms with Crippen LogP contribution in [0.25, 0.3) is 0 Å². The monoisotopic (exact) mass is 331 g/mol. The number of carbonyl (C=O) groups excluding carboxylic acids is 1. The fraction of sp³-hybridized carbons (Fsp3) is 0.316. The topological polar surface area (TPSA) is 47.6 Å². The van der Waals surface area contributed by atoms with E-state index in [9.17, 15) is 9.18 Å². The van der Waals surface area contributed by atoms with Gasteiger partial charge in [-0.25, -0.2) is 4.39 Å². The minimum absolute atomic E-state index is 0.135. The Kier molecular flexibility index (Phi) is 7.23. The van der Waals surface area contributed by atoms with Crippen molar-refractivity contribution >= 4 is 5.91 Å². The van der Waals surface area contributed by atoms with Crippen LogP contribution in [0.1, 0.15) is 24.5 Å². The molecule has 0 aliphatic rings. The Labute approximate surface area is 141 Å². The minimum Gasteiger partial charge on any atom is -0.490 e. The Morgan fingerprint density at radius 3 is 2.50 bits per heavy atom. The van der Waals surface area contributed by atoms with Crippen LogP contribution in [0.5, 0.6) is 5.75 Å². The molecule has 2 aromatic carbocycles. The molecule has 0 heterocycles. The molecule has 0 aliphatic carbocycles. The molecule has 0 bridgehead atoms. The molecule has 0 aliphatic heterocycles. The van der Waals surface area contributed by atoms with Gasteiger partial charge in [0.05, 0.1) is 19.6 Å². The molecule has 0 atom stereocenters. The van der Waals surface area contributed by atoms with Crippen LogP contribution in [-0.4, -0.2) is 19.1 Å². The number of benzene rings is 2. The van der Waals surface area contributed by atoms with Crippen LogP contribution in [-0.2, 0) is 22.7 Å². The lowest BCUT2D eigenvalue weighted by molar-refractivity contribution is -0.121.